The highest BCUT2D eigenvalue weighted by molar-refractivity contribution is 7.98. The van der Waals surface area contributed by atoms with Gasteiger partial charge in [0.1, 0.15) is 0 Å². The van der Waals surface area contributed by atoms with Crippen molar-refractivity contribution < 1.29 is 4.92 Å². The monoisotopic (exact) mass is 379 g/mol. The van der Waals surface area contributed by atoms with Crippen LogP contribution < -0.4 is 0 Å². The fraction of sp³-hybridized carbons (Fsp3) is 0.158. The minimum absolute atomic E-state index is 0.0992. The lowest BCUT2D eigenvalue weighted by Gasteiger charge is -2.07. The first-order valence-electron chi connectivity index (χ1n) is 8.53. The van der Waals surface area contributed by atoms with Crippen molar-refractivity contribution in [1.82, 2.24) is 19.7 Å². The van der Waals surface area contributed by atoms with E-state index in [0.29, 0.717) is 5.75 Å². The molecule has 0 atom stereocenters. The van der Waals surface area contributed by atoms with E-state index in [9.17, 15) is 10.1 Å². The molecule has 0 aliphatic heterocycles. The van der Waals surface area contributed by atoms with Gasteiger partial charge in [-0.3, -0.25) is 10.1 Å². The summed E-state index contributed by atoms with van der Waals surface area (Å²) in [5.41, 5.74) is 3.20. The number of nitrogens with one attached hydrogen (secondary N) is 1. The number of nitro benzene ring substituents is 1. The Bertz CT molecular complexity index is 1100. The fourth-order valence-electron chi connectivity index (χ4n) is 3.00. The highest BCUT2D eigenvalue weighted by Crippen LogP contribution is 2.31. The van der Waals surface area contributed by atoms with Gasteiger partial charge in [0.25, 0.3) is 5.69 Å². The fourth-order valence-corrected chi connectivity index (χ4v) is 3.96. The first kappa shape index (κ1) is 17.3. The Balaban J connectivity index is 1.59. The SMILES string of the molecule is CCn1c(SCc2ccc([N+](=O)[O-])cc2)nnc1-c1c[nH]c2ccccc12. The van der Waals surface area contributed by atoms with Crippen LogP contribution in [-0.4, -0.2) is 24.7 Å². The Morgan fingerprint density at radius 1 is 1.15 bits per heavy atom. The predicted molar refractivity (Wildman–Crippen MR) is 106 cm³/mol. The molecule has 1 N–H and O–H groups in total. The van der Waals surface area contributed by atoms with Gasteiger partial charge >= 0.3 is 0 Å². The van der Waals surface area contributed by atoms with Crippen molar-refractivity contribution in [2.45, 2.75) is 24.4 Å². The number of rotatable bonds is 6. The molecule has 4 rings (SSSR count). The molecule has 0 radical (unpaired) electrons. The summed E-state index contributed by atoms with van der Waals surface area (Å²) in [4.78, 5) is 13.6. The summed E-state index contributed by atoms with van der Waals surface area (Å²) in [5, 5.41) is 21.5. The van der Waals surface area contributed by atoms with Gasteiger partial charge in [-0.25, -0.2) is 0 Å². The zero-order chi connectivity index (χ0) is 18.8. The molecule has 0 saturated heterocycles. The molecular weight excluding hydrogens is 362 g/mol. The number of aromatic nitrogens is 4. The van der Waals surface area contributed by atoms with Crippen LogP contribution >= 0.6 is 11.8 Å². The average Bonchev–Trinajstić information content (AvgIpc) is 3.29. The van der Waals surface area contributed by atoms with Gasteiger partial charge in [-0.2, -0.15) is 0 Å². The molecule has 0 fully saturated rings. The number of hydrogen-bond acceptors (Lipinski definition) is 5. The molecule has 27 heavy (non-hydrogen) atoms. The van der Waals surface area contributed by atoms with Crippen LogP contribution in [0, 0.1) is 10.1 Å². The molecule has 7 nitrogen and oxygen atoms in total. The smallest absolute Gasteiger partial charge is 0.269 e. The molecule has 0 amide bonds. The quantitative estimate of drug-likeness (QED) is 0.299. The number of aromatic amines is 1. The second-order valence-electron chi connectivity index (χ2n) is 6.01. The van der Waals surface area contributed by atoms with Crippen LogP contribution in [0.15, 0.2) is 59.9 Å². The number of thioether (sulfide) groups is 1. The number of nitrogens with zero attached hydrogens (tertiary/aromatic N) is 4. The van der Waals surface area contributed by atoms with Gasteiger partial charge in [0.15, 0.2) is 11.0 Å². The van der Waals surface area contributed by atoms with Gasteiger partial charge in [-0.15, -0.1) is 10.2 Å². The maximum Gasteiger partial charge on any atom is 0.269 e. The minimum atomic E-state index is -0.391. The van der Waals surface area contributed by atoms with Gasteiger partial charge < -0.3 is 9.55 Å². The Morgan fingerprint density at radius 3 is 2.67 bits per heavy atom. The third-order valence-corrected chi connectivity index (χ3v) is 5.42. The number of para-hydroxylation sites is 1. The van der Waals surface area contributed by atoms with Crippen molar-refractivity contribution in [3.63, 3.8) is 0 Å². The Morgan fingerprint density at radius 2 is 1.93 bits per heavy atom. The first-order chi connectivity index (χ1) is 13.2. The maximum absolute atomic E-state index is 10.8. The summed E-state index contributed by atoms with van der Waals surface area (Å²) < 4.78 is 2.09. The average molecular weight is 379 g/mol. The summed E-state index contributed by atoms with van der Waals surface area (Å²) >= 11 is 1.57. The molecule has 4 aromatic rings. The third kappa shape index (κ3) is 3.31. The number of nitro groups is 1. The highest BCUT2D eigenvalue weighted by atomic mass is 32.2. The molecule has 2 aromatic carbocycles. The van der Waals surface area contributed by atoms with E-state index >= 15 is 0 Å². The van der Waals surface area contributed by atoms with Crippen molar-refractivity contribution >= 4 is 28.4 Å². The van der Waals surface area contributed by atoms with Gasteiger partial charge in [0.05, 0.1) is 4.92 Å². The number of non-ortho nitro benzene ring substituents is 1. The first-order valence-corrected chi connectivity index (χ1v) is 9.51. The van der Waals surface area contributed by atoms with Gasteiger partial charge in [0.2, 0.25) is 0 Å². The molecule has 0 bridgehead atoms. The summed E-state index contributed by atoms with van der Waals surface area (Å²) in [6.07, 6.45) is 1.96. The Labute approximate surface area is 159 Å². The number of hydrogen-bond donors (Lipinski definition) is 1. The normalized spacial score (nSPS) is 11.1. The van der Waals surface area contributed by atoms with E-state index in [-0.39, 0.29) is 5.69 Å². The summed E-state index contributed by atoms with van der Waals surface area (Å²) in [5.74, 6) is 1.51. The number of H-pyrrole nitrogens is 1. The third-order valence-electron chi connectivity index (χ3n) is 4.38. The zero-order valence-electron chi connectivity index (χ0n) is 14.6. The molecule has 8 heteroatoms. The summed E-state index contributed by atoms with van der Waals surface area (Å²) in [7, 11) is 0. The summed E-state index contributed by atoms with van der Waals surface area (Å²) in [6, 6.07) is 14.7. The van der Waals surface area contributed by atoms with E-state index in [0.717, 1.165) is 39.6 Å². The van der Waals surface area contributed by atoms with E-state index in [2.05, 4.69) is 32.7 Å². The zero-order valence-corrected chi connectivity index (χ0v) is 15.4. The van der Waals surface area contributed by atoms with E-state index in [1.807, 2.05) is 24.4 Å². The van der Waals surface area contributed by atoms with Crippen LogP contribution in [-0.2, 0) is 12.3 Å². The Kier molecular flexibility index (Phi) is 4.64. The van der Waals surface area contributed by atoms with Crippen molar-refractivity contribution in [1.29, 1.82) is 0 Å². The lowest BCUT2D eigenvalue weighted by atomic mass is 10.1. The van der Waals surface area contributed by atoms with Crippen LogP contribution in [0.4, 0.5) is 5.69 Å². The van der Waals surface area contributed by atoms with E-state index in [4.69, 9.17) is 0 Å². The van der Waals surface area contributed by atoms with Crippen LogP contribution in [0.1, 0.15) is 12.5 Å². The van der Waals surface area contributed by atoms with Crippen molar-refractivity contribution in [2.24, 2.45) is 0 Å². The van der Waals surface area contributed by atoms with Crippen molar-refractivity contribution in [3.05, 3.63) is 70.4 Å². The van der Waals surface area contributed by atoms with Crippen LogP contribution in [0.2, 0.25) is 0 Å². The summed E-state index contributed by atoms with van der Waals surface area (Å²) in [6.45, 7) is 2.82. The molecule has 0 saturated carbocycles. The predicted octanol–water partition coefficient (Wildman–Crippen LogP) is 4.65. The topological polar surface area (TPSA) is 89.6 Å². The molecule has 2 aromatic heterocycles. The second kappa shape index (κ2) is 7.24. The molecule has 0 aliphatic rings. The minimum Gasteiger partial charge on any atom is -0.360 e. The molecule has 0 aliphatic carbocycles. The molecule has 136 valence electrons. The maximum atomic E-state index is 10.8. The Hall–Kier alpha value is -3.13. The van der Waals surface area contributed by atoms with E-state index in [1.54, 1.807) is 23.9 Å². The molecule has 0 spiro atoms. The van der Waals surface area contributed by atoms with Crippen LogP contribution in [0.25, 0.3) is 22.3 Å². The standard InChI is InChI=1S/C19H17N5O2S/c1-2-23-18(16-11-20-17-6-4-3-5-15(16)17)21-22-19(23)27-12-13-7-9-14(10-8-13)24(25)26/h3-11,20H,2,12H2,1H3. The lowest BCUT2D eigenvalue weighted by molar-refractivity contribution is -0.384. The van der Waals surface area contributed by atoms with Gasteiger partial charge in [-0.05, 0) is 18.6 Å². The molecular formula is C19H17N5O2S. The molecule has 0 unspecified atom stereocenters. The molecule has 2 heterocycles. The lowest BCUT2D eigenvalue weighted by Crippen LogP contribution is -1.99. The van der Waals surface area contributed by atoms with Crippen LogP contribution in [0.3, 0.4) is 0 Å². The van der Waals surface area contributed by atoms with Crippen LogP contribution in [0.5, 0.6) is 0 Å². The van der Waals surface area contributed by atoms with Gasteiger partial charge in [-0.1, -0.05) is 42.1 Å². The van der Waals surface area contributed by atoms with E-state index in [1.165, 1.54) is 12.1 Å². The van der Waals surface area contributed by atoms with E-state index < -0.39 is 4.92 Å². The number of benzene rings is 2. The second-order valence-corrected chi connectivity index (χ2v) is 6.95. The highest BCUT2D eigenvalue weighted by Gasteiger charge is 2.16. The van der Waals surface area contributed by atoms with Crippen molar-refractivity contribution in [2.75, 3.05) is 0 Å². The van der Waals surface area contributed by atoms with Gasteiger partial charge in [0, 0.05) is 47.1 Å². The largest absolute Gasteiger partial charge is 0.360 e. The van der Waals surface area contributed by atoms with Crippen molar-refractivity contribution in [3.8, 4) is 11.4 Å². The number of fused-ring (bicyclic) bond motifs is 1.